The molecule has 0 aromatic heterocycles. The average molecular weight is 195 g/mol. The third kappa shape index (κ3) is 18.7. The summed E-state index contributed by atoms with van der Waals surface area (Å²) in [5.41, 5.74) is 0. The molecule has 0 heterocycles. The molecule has 0 amide bonds. The Morgan fingerprint density at radius 3 is 1.08 bits per heavy atom. The minimum Gasteiger partial charge on any atom is -0.377 e. The Bertz CT molecular complexity index is 136. The van der Waals surface area contributed by atoms with Crippen molar-refractivity contribution in [1.29, 1.82) is 0 Å². The van der Waals surface area contributed by atoms with E-state index in [-0.39, 0.29) is 29.6 Å². The van der Waals surface area contributed by atoms with Gasteiger partial charge in [0.15, 0.2) is 0 Å². The first kappa shape index (κ1) is 18.7. The minimum absolute atomic E-state index is 0. The molecular weight excluding hydrogens is 175 g/mol. The summed E-state index contributed by atoms with van der Waals surface area (Å²) in [7, 11) is 7.21. The summed E-state index contributed by atoms with van der Waals surface area (Å²) in [5.74, 6) is 1.94. The Morgan fingerprint density at radius 2 is 1.08 bits per heavy atom. The molecule has 0 atom stereocenters. The molecule has 0 unspecified atom stereocenters. The molecule has 0 aromatic carbocycles. The molecule has 5 heteroatoms. The van der Waals surface area contributed by atoms with Crippen LogP contribution in [0.3, 0.4) is 0 Å². The van der Waals surface area contributed by atoms with Gasteiger partial charge in [-0.05, 0) is 13.8 Å². The summed E-state index contributed by atoms with van der Waals surface area (Å²) < 4.78 is 0. The minimum atomic E-state index is 0. The Balaban J connectivity index is -0.000000143. The molecule has 2 N–H and O–H groups in total. The number of nitrogens with zero attached hydrogens (tertiary/aromatic N) is 2. The van der Waals surface area contributed by atoms with E-state index < -0.39 is 0 Å². The van der Waals surface area contributed by atoms with Gasteiger partial charge in [0, 0.05) is 57.7 Å². The second kappa shape index (κ2) is 14.5. The predicted octanol–water partition coefficient (Wildman–Crippen LogP) is 0.127. The van der Waals surface area contributed by atoms with Crippen molar-refractivity contribution in [1.82, 2.24) is 10.6 Å². The molecular formula is C8H20N4Na. The molecule has 0 aromatic rings. The maximum absolute atomic E-state index is 3.81. The SMILES string of the molecule is CN=C(C)NC.CN=C(C)NC.[Na]. The van der Waals surface area contributed by atoms with Gasteiger partial charge in [-0.1, -0.05) is 0 Å². The Morgan fingerprint density at radius 1 is 0.846 bits per heavy atom. The fraction of sp³-hybridized carbons (Fsp3) is 0.750. The number of aliphatic imine (C=N–C) groups is 2. The molecule has 4 nitrogen and oxygen atoms in total. The van der Waals surface area contributed by atoms with Crippen LogP contribution in [0.4, 0.5) is 0 Å². The van der Waals surface area contributed by atoms with Crippen LogP contribution in [0.15, 0.2) is 9.98 Å². The Hall–Kier alpha value is -0.0600. The maximum atomic E-state index is 3.81. The van der Waals surface area contributed by atoms with Crippen molar-refractivity contribution in [2.75, 3.05) is 28.2 Å². The van der Waals surface area contributed by atoms with Crippen LogP contribution >= 0.6 is 0 Å². The molecule has 0 fully saturated rings. The molecule has 0 saturated heterocycles. The van der Waals surface area contributed by atoms with E-state index in [1.807, 2.05) is 27.9 Å². The summed E-state index contributed by atoms with van der Waals surface area (Å²) in [6.07, 6.45) is 0. The summed E-state index contributed by atoms with van der Waals surface area (Å²) in [6.45, 7) is 3.83. The van der Waals surface area contributed by atoms with Crippen LogP contribution in [0.5, 0.6) is 0 Å². The zero-order chi connectivity index (χ0) is 9.98. The summed E-state index contributed by atoms with van der Waals surface area (Å²) in [6, 6.07) is 0. The van der Waals surface area contributed by atoms with E-state index >= 15 is 0 Å². The van der Waals surface area contributed by atoms with Gasteiger partial charge in [-0.3, -0.25) is 9.98 Å². The number of hydrogen-bond donors (Lipinski definition) is 2. The summed E-state index contributed by atoms with van der Waals surface area (Å²) in [5, 5.41) is 5.73. The summed E-state index contributed by atoms with van der Waals surface area (Å²) >= 11 is 0. The zero-order valence-corrected chi connectivity index (χ0v) is 11.9. The van der Waals surface area contributed by atoms with E-state index in [0.717, 1.165) is 11.7 Å². The van der Waals surface area contributed by atoms with Crippen molar-refractivity contribution in [3.8, 4) is 0 Å². The van der Waals surface area contributed by atoms with Crippen molar-refractivity contribution in [2.24, 2.45) is 9.98 Å². The fourth-order valence-electron chi connectivity index (χ4n) is 0.224. The van der Waals surface area contributed by atoms with Gasteiger partial charge in [-0.25, -0.2) is 0 Å². The first-order valence-corrected chi connectivity index (χ1v) is 3.84. The number of rotatable bonds is 0. The van der Waals surface area contributed by atoms with E-state index in [1.165, 1.54) is 0 Å². The third-order valence-electron chi connectivity index (χ3n) is 1.39. The maximum Gasteiger partial charge on any atom is 0.0925 e. The molecule has 1 radical (unpaired) electrons. The van der Waals surface area contributed by atoms with Crippen molar-refractivity contribution in [2.45, 2.75) is 13.8 Å². The van der Waals surface area contributed by atoms with Crippen molar-refractivity contribution < 1.29 is 0 Å². The Kier molecular flexibility index (Phi) is 20.8. The van der Waals surface area contributed by atoms with E-state index in [9.17, 15) is 0 Å². The molecule has 13 heavy (non-hydrogen) atoms. The average Bonchev–Trinajstić information content (AvgIpc) is 2.16. The van der Waals surface area contributed by atoms with Gasteiger partial charge >= 0.3 is 0 Å². The van der Waals surface area contributed by atoms with Gasteiger partial charge in [0.1, 0.15) is 0 Å². The number of amidine groups is 2. The molecule has 0 aliphatic rings. The van der Waals surface area contributed by atoms with Crippen LogP contribution in [0.25, 0.3) is 0 Å². The van der Waals surface area contributed by atoms with Crippen LogP contribution in [0.2, 0.25) is 0 Å². The first-order valence-electron chi connectivity index (χ1n) is 3.84. The quantitative estimate of drug-likeness (QED) is 0.328. The normalized spacial score (nSPS) is 10.6. The van der Waals surface area contributed by atoms with E-state index in [4.69, 9.17) is 0 Å². The van der Waals surface area contributed by atoms with Gasteiger partial charge in [0.2, 0.25) is 0 Å². The van der Waals surface area contributed by atoms with Crippen LogP contribution < -0.4 is 10.6 Å². The van der Waals surface area contributed by atoms with E-state index in [1.54, 1.807) is 14.1 Å². The van der Waals surface area contributed by atoms with E-state index in [0.29, 0.717) is 0 Å². The second-order valence-electron chi connectivity index (χ2n) is 2.12. The van der Waals surface area contributed by atoms with Crippen LogP contribution in [-0.4, -0.2) is 69.4 Å². The van der Waals surface area contributed by atoms with Gasteiger partial charge in [-0.15, -0.1) is 0 Å². The zero-order valence-electron chi connectivity index (χ0n) is 9.89. The van der Waals surface area contributed by atoms with Crippen molar-refractivity contribution >= 4 is 41.2 Å². The topological polar surface area (TPSA) is 48.8 Å². The smallest absolute Gasteiger partial charge is 0.0925 e. The van der Waals surface area contributed by atoms with Crippen molar-refractivity contribution in [3.05, 3.63) is 0 Å². The number of nitrogens with one attached hydrogen (secondary N) is 2. The van der Waals surface area contributed by atoms with Gasteiger partial charge in [0.25, 0.3) is 0 Å². The van der Waals surface area contributed by atoms with Crippen LogP contribution in [0, 0.1) is 0 Å². The van der Waals surface area contributed by atoms with Gasteiger partial charge < -0.3 is 10.6 Å². The standard InChI is InChI=1S/2C4H10N2.Na/c2*1-4(5-2)6-3;/h2*1-3H3,(H,5,6);. The fourth-order valence-corrected chi connectivity index (χ4v) is 0.224. The van der Waals surface area contributed by atoms with Crippen molar-refractivity contribution in [3.63, 3.8) is 0 Å². The molecule has 0 rings (SSSR count). The molecule has 0 aliphatic heterocycles. The molecule has 0 aliphatic carbocycles. The van der Waals surface area contributed by atoms with E-state index in [2.05, 4.69) is 20.6 Å². The monoisotopic (exact) mass is 195 g/mol. The molecule has 0 spiro atoms. The van der Waals surface area contributed by atoms with Gasteiger partial charge in [0.05, 0.1) is 11.7 Å². The predicted molar refractivity (Wildman–Crippen MR) is 61.9 cm³/mol. The summed E-state index contributed by atoms with van der Waals surface area (Å²) in [4.78, 5) is 7.62. The molecule has 0 bridgehead atoms. The number of hydrogen-bond acceptors (Lipinski definition) is 2. The first-order chi connectivity index (χ1) is 5.62. The van der Waals surface area contributed by atoms with Crippen LogP contribution in [0.1, 0.15) is 13.8 Å². The second-order valence-corrected chi connectivity index (χ2v) is 2.12. The molecule has 73 valence electrons. The third-order valence-corrected chi connectivity index (χ3v) is 1.39. The Labute approximate surface area is 104 Å². The van der Waals surface area contributed by atoms with Gasteiger partial charge in [-0.2, -0.15) is 0 Å². The largest absolute Gasteiger partial charge is 0.377 e. The molecule has 0 saturated carbocycles. The van der Waals surface area contributed by atoms with Crippen LogP contribution in [-0.2, 0) is 0 Å².